The lowest BCUT2D eigenvalue weighted by Crippen LogP contribution is -2.36. The summed E-state index contributed by atoms with van der Waals surface area (Å²) in [6.45, 7) is 2.25. The minimum absolute atomic E-state index is 0.655. The molecule has 1 N–H and O–H groups in total. The van der Waals surface area contributed by atoms with Gasteiger partial charge in [0.2, 0.25) is 0 Å². The van der Waals surface area contributed by atoms with Crippen LogP contribution in [0.3, 0.4) is 0 Å². The van der Waals surface area contributed by atoms with Crippen molar-refractivity contribution in [1.82, 2.24) is 10.3 Å². The molecule has 2 heterocycles. The van der Waals surface area contributed by atoms with Gasteiger partial charge in [0.25, 0.3) is 0 Å². The first kappa shape index (κ1) is 9.46. The number of nitrogens with zero attached hydrogens (tertiary/aromatic N) is 2. The first-order valence-electron chi connectivity index (χ1n) is 5.23. The zero-order chi connectivity index (χ0) is 9.80. The van der Waals surface area contributed by atoms with E-state index >= 15 is 0 Å². The second-order valence-corrected chi connectivity index (χ2v) is 3.75. The van der Waals surface area contributed by atoms with Gasteiger partial charge in [-0.05, 0) is 32.0 Å². The fourth-order valence-corrected chi connectivity index (χ4v) is 2.16. The van der Waals surface area contributed by atoms with Crippen LogP contribution in [-0.4, -0.2) is 31.2 Å². The number of rotatable bonds is 3. The fourth-order valence-electron chi connectivity index (χ4n) is 2.16. The number of anilines is 1. The molecule has 0 bridgehead atoms. The van der Waals surface area contributed by atoms with Gasteiger partial charge in [-0.3, -0.25) is 4.98 Å². The van der Waals surface area contributed by atoms with Crippen LogP contribution in [0.5, 0.6) is 0 Å². The minimum atomic E-state index is 0.655. The molecule has 1 atom stereocenters. The molecular formula is C11H17N3. The molecule has 1 aromatic rings. The number of pyridine rings is 1. The lowest BCUT2D eigenvalue weighted by atomic mass is 10.2. The van der Waals surface area contributed by atoms with Gasteiger partial charge in [-0.25, -0.2) is 0 Å². The van der Waals surface area contributed by atoms with E-state index in [1.807, 2.05) is 19.4 Å². The zero-order valence-electron chi connectivity index (χ0n) is 8.61. The number of hydrogen-bond acceptors (Lipinski definition) is 3. The number of likely N-dealkylation sites (N-methyl/N-ethyl adjacent to an activating group) is 1. The van der Waals surface area contributed by atoms with Crippen LogP contribution in [0.2, 0.25) is 0 Å². The molecule has 76 valence electrons. The quantitative estimate of drug-likeness (QED) is 0.780. The molecule has 0 saturated carbocycles. The lowest BCUT2D eigenvalue weighted by molar-refractivity contribution is 0.615. The standard InChI is InChI=1S/C11H17N3/c1-12-9-11-3-2-8-14(11)10-4-6-13-7-5-10/h4-7,11-12H,2-3,8-9H2,1H3. The van der Waals surface area contributed by atoms with Crippen LogP contribution in [0.4, 0.5) is 5.69 Å². The van der Waals surface area contributed by atoms with E-state index in [1.54, 1.807) is 0 Å². The third kappa shape index (κ3) is 1.87. The predicted molar refractivity (Wildman–Crippen MR) is 58.5 cm³/mol. The van der Waals surface area contributed by atoms with Crippen molar-refractivity contribution >= 4 is 5.69 Å². The Kier molecular flexibility index (Phi) is 2.99. The molecule has 0 spiro atoms. The SMILES string of the molecule is CNCC1CCCN1c1ccncc1. The van der Waals surface area contributed by atoms with Crippen molar-refractivity contribution in [2.75, 3.05) is 25.0 Å². The van der Waals surface area contributed by atoms with E-state index in [2.05, 4.69) is 27.3 Å². The van der Waals surface area contributed by atoms with Crippen LogP contribution in [0.15, 0.2) is 24.5 Å². The summed E-state index contributed by atoms with van der Waals surface area (Å²) in [4.78, 5) is 6.52. The molecule has 1 fully saturated rings. The summed E-state index contributed by atoms with van der Waals surface area (Å²) >= 11 is 0. The van der Waals surface area contributed by atoms with Gasteiger partial charge in [0, 0.05) is 37.2 Å². The molecule has 1 aromatic heterocycles. The van der Waals surface area contributed by atoms with Crippen molar-refractivity contribution in [2.45, 2.75) is 18.9 Å². The predicted octanol–water partition coefficient (Wildman–Crippen LogP) is 1.27. The van der Waals surface area contributed by atoms with Crippen LogP contribution in [-0.2, 0) is 0 Å². The highest BCUT2D eigenvalue weighted by atomic mass is 15.2. The lowest BCUT2D eigenvalue weighted by Gasteiger charge is -2.26. The van der Waals surface area contributed by atoms with Crippen LogP contribution >= 0.6 is 0 Å². The molecule has 0 radical (unpaired) electrons. The Balaban J connectivity index is 2.10. The van der Waals surface area contributed by atoms with Gasteiger partial charge in [-0.2, -0.15) is 0 Å². The summed E-state index contributed by atoms with van der Waals surface area (Å²) in [5, 5.41) is 3.25. The highest BCUT2D eigenvalue weighted by Crippen LogP contribution is 2.24. The first-order valence-corrected chi connectivity index (χ1v) is 5.23. The molecule has 3 nitrogen and oxygen atoms in total. The molecular weight excluding hydrogens is 174 g/mol. The minimum Gasteiger partial charge on any atom is -0.367 e. The number of hydrogen-bond donors (Lipinski definition) is 1. The maximum absolute atomic E-state index is 4.05. The molecule has 3 heteroatoms. The molecule has 0 aliphatic carbocycles. The monoisotopic (exact) mass is 191 g/mol. The Hall–Kier alpha value is -1.09. The van der Waals surface area contributed by atoms with Gasteiger partial charge in [-0.15, -0.1) is 0 Å². The van der Waals surface area contributed by atoms with Crippen LogP contribution in [0.1, 0.15) is 12.8 Å². The summed E-state index contributed by atoms with van der Waals surface area (Å²) in [7, 11) is 2.02. The maximum Gasteiger partial charge on any atom is 0.0415 e. The van der Waals surface area contributed by atoms with Gasteiger partial charge in [-0.1, -0.05) is 0 Å². The molecule has 14 heavy (non-hydrogen) atoms. The molecule has 1 unspecified atom stereocenters. The topological polar surface area (TPSA) is 28.2 Å². The Labute approximate surface area is 85.1 Å². The highest BCUT2D eigenvalue weighted by Gasteiger charge is 2.23. The van der Waals surface area contributed by atoms with Gasteiger partial charge >= 0.3 is 0 Å². The summed E-state index contributed by atoms with van der Waals surface area (Å²) in [5.41, 5.74) is 1.30. The van der Waals surface area contributed by atoms with E-state index in [0.29, 0.717) is 6.04 Å². The van der Waals surface area contributed by atoms with E-state index in [-0.39, 0.29) is 0 Å². The van der Waals surface area contributed by atoms with Crippen LogP contribution < -0.4 is 10.2 Å². The molecule has 1 saturated heterocycles. The Morgan fingerprint density at radius 3 is 3.00 bits per heavy atom. The van der Waals surface area contributed by atoms with Crippen molar-refractivity contribution in [3.8, 4) is 0 Å². The van der Waals surface area contributed by atoms with Crippen molar-refractivity contribution < 1.29 is 0 Å². The normalized spacial score (nSPS) is 21.5. The highest BCUT2D eigenvalue weighted by molar-refractivity contribution is 5.46. The average molecular weight is 191 g/mol. The first-order chi connectivity index (χ1) is 6.92. The van der Waals surface area contributed by atoms with E-state index in [0.717, 1.165) is 6.54 Å². The fraction of sp³-hybridized carbons (Fsp3) is 0.545. The van der Waals surface area contributed by atoms with E-state index in [1.165, 1.54) is 25.1 Å². The second-order valence-electron chi connectivity index (χ2n) is 3.75. The third-order valence-corrected chi connectivity index (χ3v) is 2.81. The molecule has 0 aromatic carbocycles. The molecule has 2 rings (SSSR count). The Morgan fingerprint density at radius 1 is 1.50 bits per heavy atom. The number of nitrogens with one attached hydrogen (secondary N) is 1. The number of aromatic nitrogens is 1. The van der Waals surface area contributed by atoms with Crippen molar-refractivity contribution in [2.24, 2.45) is 0 Å². The Bertz CT molecular complexity index is 273. The van der Waals surface area contributed by atoms with Crippen LogP contribution in [0.25, 0.3) is 0 Å². The molecule has 1 aliphatic rings. The average Bonchev–Trinajstić information content (AvgIpc) is 2.68. The van der Waals surface area contributed by atoms with Crippen molar-refractivity contribution in [3.05, 3.63) is 24.5 Å². The van der Waals surface area contributed by atoms with E-state index in [4.69, 9.17) is 0 Å². The Morgan fingerprint density at radius 2 is 2.29 bits per heavy atom. The largest absolute Gasteiger partial charge is 0.367 e. The summed E-state index contributed by atoms with van der Waals surface area (Å²) in [5.74, 6) is 0. The smallest absolute Gasteiger partial charge is 0.0415 e. The van der Waals surface area contributed by atoms with Crippen molar-refractivity contribution in [3.63, 3.8) is 0 Å². The van der Waals surface area contributed by atoms with E-state index in [9.17, 15) is 0 Å². The maximum atomic E-state index is 4.05. The van der Waals surface area contributed by atoms with Gasteiger partial charge in [0.1, 0.15) is 0 Å². The van der Waals surface area contributed by atoms with Crippen LogP contribution in [0, 0.1) is 0 Å². The van der Waals surface area contributed by atoms with E-state index < -0.39 is 0 Å². The zero-order valence-corrected chi connectivity index (χ0v) is 8.61. The third-order valence-electron chi connectivity index (χ3n) is 2.81. The molecule has 1 aliphatic heterocycles. The van der Waals surface area contributed by atoms with Gasteiger partial charge < -0.3 is 10.2 Å². The van der Waals surface area contributed by atoms with Gasteiger partial charge in [0.15, 0.2) is 0 Å². The summed E-state index contributed by atoms with van der Waals surface area (Å²) in [6, 6.07) is 4.84. The van der Waals surface area contributed by atoms with Gasteiger partial charge in [0.05, 0.1) is 0 Å². The summed E-state index contributed by atoms with van der Waals surface area (Å²) in [6.07, 6.45) is 6.33. The van der Waals surface area contributed by atoms with Crippen molar-refractivity contribution in [1.29, 1.82) is 0 Å². The molecule has 0 amide bonds. The second kappa shape index (κ2) is 4.42. The summed E-state index contributed by atoms with van der Waals surface area (Å²) < 4.78 is 0.